The van der Waals surface area contributed by atoms with Crippen LogP contribution in [0.1, 0.15) is 33.6 Å². The molecule has 148 valence electrons. The van der Waals surface area contributed by atoms with E-state index in [0.29, 0.717) is 6.04 Å². The monoisotopic (exact) mass is 416 g/mol. The van der Waals surface area contributed by atoms with Crippen molar-refractivity contribution in [3.05, 3.63) is 54.0 Å². The normalized spacial score (nSPS) is 13.3. The lowest BCUT2D eigenvalue weighted by atomic mass is 10.1. The van der Waals surface area contributed by atoms with Gasteiger partial charge in [-0.05, 0) is 37.1 Å². The molecule has 0 amide bonds. The van der Waals surface area contributed by atoms with E-state index in [4.69, 9.17) is 15.9 Å². The van der Waals surface area contributed by atoms with Crippen LogP contribution in [0.25, 0.3) is 0 Å². The molecule has 27 heavy (non-hydrogen) atoms. The molecule has 0 saturated carbocycles. The summed E-state index contributed by atoms with van der Waals surface area (Å²) in [5.41, 5.74) is 5.78. The molecule has 1 fully saturated rings. The van der Waals surface area contributed by atoms with Crippen LogP contribution >= 0.6 is 24.8 Å². The summed E-state index contributed by atoms with van der Waals surface area (Å²) in [6, 6.07) is 7.51. The van der Waals surface area contributed by atoms with Crippen LogP contribution in [0.4, 0.5) is 5.82 Å². The minimum absolute atomic E-state index is 0. The lowest BCUT2D eigenvalue weighted by Crippen LogP contribution is -2.40. The fourth-order valence-corrected chi connectivity index (χ4v) is 2.38. The molecule has 0 aliphatic carbocycles. The Labute approximate surface area is 169 Å². The fourth-order valence-electron chi connectivity index (χ4n) is 2.38. The molecule has 1 aromatic carbocycles. The molecular weight excluding hydrogens is 395 g/mol. The van der Waals surface area contributed by atoms with Gasteiger partial charge in [0.05, 0.1) is 11.1 Å². The highest BCUT2D eigenvalue weighted by Gasteiger charge is 2.16. The van der Waals surface area contributed by atoms with E-state index in [2.05, 4.69) is 14.9 Å². The van der Waals surface area contributed by atoms with Crippen LogP contribution in [0.15, 0.2) is 42.9 Å². The number of aromatic carboxylic acids is 2. The average Bonchev–Trinajstić information content (AvgIpc) is 2.63. The van der Waals surface area contributed by atoms with E-state index in [1.165, 1.54) is 18.2 Å². The number of halogens is 2. The van der Waals surface area contributed by atoms with Gasteiger partial charge in [-0.1, -0.05) is 6.07 Å². The molecule has 1 aromatic heterocycles. The molecule has 4 N–H and O–H groups in total. The lowest BCUT2D eigenvalue weighted by molar-refractivity contribution is 0.0696. The summed E-state index contributed by atoms with van der Waals surface area (Å²) >= 11 is 0. The molecule has 1 saturated heterocycles. The topological polar surface area (TPSA) is 130 Å². The van der Waals surface area contributed by atoms with Crippen molar-refractivity contribution < 1.29 is 19.8 Å². The SMILES string of the molecule is Cl.Cl.NC1CCN(c2ccncn2)CC1.O=C(O)c1cccc(C(=O)O)c1. The molecule has 1 aliphatic heterocycles. The van der Waals surface area contributed by atoms with Crippen LogP contribution in [0.2, 0.25) is 0 Å². The highest BCUT2D eigenvalue weighted by atomic mass is 35.5. The second-order valence-corrected chi connectivity index (χ2v) is 5.58. The van der Waals surface area contributed by atoms with Gasteiger partial charge in [-0.2, -0.15) is 0 Å². The number of piperidine rings is 1. The highest BCUT2D eigenvalue weighted by Crippen LogP contribution is 2.15. The van der Waals surface area contributed by atoms with Gasteiger partial charge in [-0.25, -0.2) is 19.6 Å². The molecule has 0 radical (unpaired) electrons. The van der Waals surface area contributed by atoms with Crippen molar-refractivity contribution in [3.63, 3.8) is 0 Å². The molecule has 2 aromatic rings. The smallest absolute Gasteiger partial charge is 0.335 e. The maximum absolute atomic E-state index is 10.4. The number of benzene rings is 1. The Morgan fingerprint density at radius 2 is 1.59 bits per heavy atom. The Kier molecular flexibility index (Phi) is 11.0. The van der Waals surface area contributed by atoms with Crippen LogP contribution in [0, 0.1) is 0 Å². The second-order valence-electron chi connectivity index (χ2n) is 5.58. The Bertz CT molecular complexity index is 697. The average molecular weight is 417 g/mol. The molecule has 3 rings (SSSR count). The van der Waals surface area contributed by atoms with Gasteiger partial charge in [0.1, 0.15) is 12.1 Å². The van der Waals surface area contributed by atoms with Crippen molar-refractivity contribution >= 4 is 42.6 Å². The van der Waals surface area contributed by atoms with Crippen molar-refractivity contribution in [1.82, 2.24) is 9.97 Å². The number of aromatic nitrogens is 2. The second kappa shape index (κ2) is 12.1. The van der Waals surface area contributed by atoms with Crippen LogP contribution in [-0.4, -0.2) is 51.3 Å². The largest absolute Gasteiger partial charge is 0.478 e. The van der Waals surface area contributed by atoms with Gasteiger partial charge in [-0.3, -0.25) is 0 Å². The third-order valence-corrected chi connectivity index (χ3v) is 3.79. The van der Waals surface area contributed by atoms with Gasteiger partial charge < -0.3 is 20.8 Å². The van der Waals surface area contributed by atoms with Crippen LogP contribution in [0.5, 0.6) is 0 Å². The molecule has 0 spiro atoms. The first-order valence-corrected chi connectivity index (χ1v) is 7.80. The lowest BCUT2D eigenvalue weighted by Gasteiger charge is -2.30. The Balaban J connectivity index is 0.000000468. The summed E-state index contributed by atoms with van der Waals surface area (Å²) in [7, 11) is 0. The number of hydrogen-bond donors (Lipinski definition) is 3. The van der Waals surface area contributed by atoms with Crippen molar-refractivity contribution in [2.75, 3.05) is 18.0 Å². The fraction of sp³-hybridized carbons (Fsp3) is 0.294. The van der Waals surface area contributed by atoms with E-state index >= 15 is 0 Å². The number of hydrogen-bond acceptors (Lipinski definition) is 6. The van der Waals surface area contributed by atoms with E-state index < -0.39 is 11.9 Å². The third kappa shape index (κ3) is 7.78. The molecule has 0 unspecified atom stereocenters. The summed E-state index contributed by atoms with van der Waals surface area (Å²) in [6.07, 6.45) is 5.48. The summed E-state index contributed by atoms with van der Waals surface area (Å²) < 4.78 is 0. The number of carboxylic acids is 2. The van der Waals surface area contributed by atoms with E-state index in [9.17, 15) is 9.59 Å². The number of rotatable bonds is 3. The van der Waals surface area contributed by atoms with Gasteiger partial charge in [0.15, 0.2) is 0 Å². The first-order valence-electron chi connectivity index (χ1n) is 7.80. The zero-order valence-electron chi connectivity index (χ0n) is 14.4. The van der Waals surface area contributed by atoms with Gasteiger partial charge in [0.25, 0.3) is 0 Å². The first-order chi connectivity index (χ1) is 12.0. The number of carbonyl (C=O) groups is 2. The van der Waals surface area contributed by atoms with Gasteiger partial charge >= 0.3 is 11.9 Å². The molecular formula is C17H22Cl2N4O4. The third-order valence-electron chi connectivity index (χ3n) is 3.79. The summed E-state index contributed by atoms with van der Waals surface area (Å²) in [5.74, 6) is -1.24. The summed E-state index contributed by atoms with van der Waals surface area (Å²) in [4.78, 5) is 31.1. The summed E-state index contributed by atoms with van der Waals surface area (Å²) in [6.45, 7) is 2.02. The molecule has 0 atom stereocenters. The maximum Gasteiger partial charge on any atom is 0.335 e. The van der Waals surface area contributed by atoms with Crippen LogP contribution in [-0.2, 0) is 0 Å². The van der Waals surface area contributed by atoms with Gasteiger partial charge in [-0.15, -0.1) is 24.8 Å². The Morgan fingerprint density at radius 3 is 2.04 bits per heavy atom. The van der Waals surface area contributed by atoms with Gasteiger partial charge in [0.2, 0.25) is 0 Å². The minimum atomic E-state index is -1.13. The number of carboxylic acid groups (broad SMARTS) is 2. The summed E-state index contributed by atoms with van der Waals surface area (Å²) in [5, 5.41) is 17.0. The van der Waals surface area contributed by atoms with Gasteiger partial charge in [0, 0.05) is 25.3 Å². The highest BCUT2D eigenvalue weighted by molar-refractivity contribution is 5.93. The molecule has 10 heteroatoms. The van der Waals surface area contributed by atoms with E-state index in [-0.39, 0.29) is 35.9 Å². The van der Waals surface area contributed by atoms with E-state index in [1.54, 1.807) is 12.5 Å². The number of nitrogens with zero attached hydrogens (tertiary/aromatic N) is 3. The maximum atomic E-state index is 10.4. The molecule has 8 nitrogen and oxygen atoms in total. The molecule has 2 heterocycles. The van der Waals surface area contributed by atoms with Crippen molar-refractivity contribution in [1.29, 1.82) is 0 Å². The quantitative estimate of drug-likeness (QED) is 0.694. The number of nitrogens with two attached hydrogens (primary N) is 1. The number of anilines is 1. The molecule has 0 bridgehead atoms. The van der Waals surface area contributed by atoms with Crippen molar-refractivity contribution in [2.45, 2.75) is 18.9 Å². The zero-order chi connectivity index (χ0) is 18.2. The minimum Gasteiger partial charge on any atom is -0.478 e. The van der Waals surface area contributed by atoms with E-state index in [1.807, 2.05) is 6.07 Å². The zero-order valence-corrected chi connectivity index (χ0v) is 16.0. The Morgan fingerprint density at radius 1 is 1.04 bits per heavy atom. The Hall–Kier alpha value is -2.42. The van der Waals surface area contributed by atoms with Crippen molar-refractivity contribution in [3.8, 4) is 0 Å². The first kappa shape index (κ1) is 24.6. The van der Waals surface area contributed by atoms with Crippen LogP contribution < -0.4 is 10.6 Å². The predicted molar refractivity (Wildman–Crippen MR) is 106 cm³/mol. The molecule has 1 aliphatic rings. The predicted octanol–water partition coefficient (Wildman–Crippen LogP) is 2.33. The standard InChI is InChI=1S/C9H14N4.C8H6O4.2ClH/c10-8-2-5-13(6-3-8)9-1-4-11-7-12-9;9-7(10)5-2-1-3-6(4-5)8(11)12;;/h1,4,7-8H,2-3,5-6,10H2;1-4H,(H,9,10)(H,11,12);2*1H. The van der Waals surface area contributed by atoms with E-state index in [0.717, 1.165) is 37.8 Å². The van der Waals surface area contributed by atoms with Crippen molar-refractivity contribution in [2.24, 2.45) is 5.73 Å². The van der Waals surface area contributed by atoms with Crippen LogP contribution in [0.3, 0.4) is 0 Å².